The number of amides is 2. The first-order chi connectivity index (χ1) is 16.3. The number of carbonyl (C=O) groups excluding carboxylic acids is 4. The molecule has 0 aliphatic carbocycles. The van der Waals surface area contributed by atoms with E-state index in [1.807, 2.05) is 13.8 Å². The number of ether oxygens (including phenoxy) is 2. The Morgan fingerprint density at radius 1 is 0.853 bits per heavy atom. The van der Waals surface area contributed by atoms with Gasteiger partial charge in [-0.15, -0.1) is 0 Å². The second-order valence-corrected chi connectivity index (χ2v) is 7.91. The molecular formula is C27H23NO6. The number of hydrogen-bond donors (Lipinski definition) is 0. The van der Waals surface area contributed by atoms with Crippen LogP contribution >= 0.6 is 0 Å². The summed E-state index contributed by atoms with van der Waals surface area (Å²) in [5.74, 6) is -1.48. The van der Waals surface area contributed by atoms with Crippen LogP contribution in [0.2, 0.25) is 0 Å². The van der Waals surface area contributed by atoms with Crippen LogP contribution in [0.4, 0.5) is 5.69 Å². The summed E-state index contributed by atoms with van der Waals surface area (Å²) in [4.78, 5) is 52.2. The summed E-state index contributed by atoms with van der Waals surface area (Å²) in [6.07, 6.45) is -1.01. The van der Waals surface area contributed by atoms with Crippen molar-refractivity contribution in [2.75, 3.05) is 11.5 Å². The van der Waals surface area contributed by atoms with Crippen molar-refractivity contribution in [3.05, 3.63) is 94.5 Å². The summed E-state index contributed by atoms with van der Waals surface area (Å²) < 4.78 is 10.7. The standard InChI is InChI=1S/C27H23NO6/c1-4-33-21-12-10-20(11-13-21)28-25(30)22-14-9-19(15-23(22)26(28)31)27(32)34-17(3)24(29)18-7-5-16(2)6-8-18/h5-15,17H,4H2,1-3H3/t17-/m1/s1. The van der Waals surface area contributed by atoms with Crippen molar-refractivity contribution < 1.29 is 28.7 Å². The van der Waals surface area contributed by atoms with Crippen molar-refractivity contribution in [1.82, 2.24) is 0 Å². The normalized spacial score (nSPS) is 13.4. The van der Waals surface area contributed by atoms with Gasteiger partial charge >= 0.3 is 5.97 Å². The third kappa shape index (κ3) is 4.32. The van der Waals surface area contributed by atoms with E-state index in [2.05, 4.69) is 0 Å². The van der Waals surface area contributed by atoms with Crippen LogP contribution in [0, 0.1) is 6.92 Å². The lowest BCUT2D eigenvalue weighted by Crippen LogP contribution is -2.29. The third-order valence-corrected chi connectivity index (χ3v) is 5.52. The van der Waals surface area contributed by atoms with Crippen molar-refractivity contribution >= 4 is 29.3 Å². The first kappa shape index (κ1) is 22.9. The number of nitrogens with zero attached hydrogens (tertiary/aromatic N) is 1. The molecule has 2 amide bonds. The molecule has 0 bridgehead atoms. The third-order valence-electron chi connectivity index (χ3n) is 5.52. The average Bonchev–Trinajstić information content (AvgIpc) is 3.09. The molecule has 34 heavy (non-hydrogen) atoms. The highest BCUT2D eigenvalue weighted by Gasteiger charge is 2.37. The Labute approximate surface area is 196 Å². The van der Waals surface area contributed by atoms with Crippen molar-refractivity contribution in [3.8, 4) is 5.75 Å². The Kier molecular flexibility index (Phi) is 6.27. The molecule has 3 aromatic carbocycles. The van der Waals surface area contributed by atoms with Crippen LogP contribution in [-0.2, 0) is 4.74 Å². The Hall–Kier alpha value is -4.26. The van der Waals surface area contributed by atoms with Gasteiger partial charge in [0.15, 0.2) is 6.10 Å². The lowest BCUT2D eigenvalue weighted by Gasteiger charge is -2.14. The molecule has 0 radical (unpaired) electrons. The van der Waals surface area contributed by atoms with Crippen molar-refractivity contribution in [1.29, 1.82) is 0 Å². The predicted octanol–water partition coefficient (Wildman–Crippen LogP) is 4.62. The summed E-state index contributed by atoms with van der Waals surface area (Å²) in [7, 11) is 0. The highest BCUT2D eigenvalue weighted by Crippen LogP contribution is 2.30. The maximum absolute atomic E-state index is 13.0. The molecule has 0 unspecified atom stereocenters. The molecule has 7 heteroatoms. The molecule has 1 aliphatic rings. The first-order valence-corrected chi connectivity index (χ1v) is 10.9. The Balaban J connectivity index is 1.51. The highest BCUT2D eigenvalue weighted by molar-refractivity contribution is 6.34. The Morgan fingerprint density at radius 3 is 2.12 bits per heavy atom. The van der Waals surface area contributed by atoms with Crippen molar-refractivity contribution in [2.45, 2.75) is 26.9 Å². The molecule has 1 heterocycles. The van der Waals surface area contributed by atoms with Crippen LogP contribution < -0.4 is 9.64 Å². The number of Topliss-reactive ketones (excluding diaryl/α,β-unsaturated/α-hetero) is 1. The van der Waals surface area contributed by atoms with Gasteiger partial charge in [0.25, 0.3) is 11.8 Å². The zero-order valence-electron chi connectivity index (χ0n) is 19.0. The Bertz CT molecular complexity index is 1280. The molecule has 0 saturated heterocycles. The fourth-order valence-electron chi connectivity index (χ4n) is 3.70. The second-order valence-electron chi connectivity index (χ2n) is 7.91. The van der Waals surface area contributed by atoms with Gasteiger partial charge in [-0.1, -0.05) is 29.8 Å². The molecule has 172 valence electrons. The highest BCUT2D eigenvalue weighted by atomic mass is 16.5. The summed E-state index contributed by atoms with van der Waals surface area (Å²) in [5, 5.41) is 0. The minimum absolute atomic E-state index is 0.0806. The average molecular weight is 457 g/mol. The van der Waals surface area contributed by atoms with E-state index in [1.165, 1.54) is 25.1 Å². The number of anilines is 1. The number of benzene rings is 3. The number of fused-ring (bicyclic) bond motifs is 1. The molecule has 0 spiro atoms. The molecule has 4 rings (SSSR count). The molecule has 7 nitrogen and oxygen atoms in total. The molecular weight excluding hydrogens is 434 g/mol. The van der Waals surface area contributed by atoms with Gasteiger partial charge in [0.1, 0.15) is 5.75 Å². The number of hydrogen-bond acceptors (Lipinski definition) is 6. The molecule has 0 saturated carbocycles. The van der Waals surface area contributed by atoms with Crippen LogP contribution in [0.5, 0.6) is 5.75 Å². The molecule has 0 fully saturated rings. The van der Waals surface area contributed by atoms with E-state index in [0.29, 0.717) is 23.6 Å². The molecule has 0 aromatic heterocycles. The first-order valence-electron chi connectivity index (χ1n) is 10.9. The van der Waals surface area contributed by atoms with Gasteiger partial charge in [0.2, 0.25) is 5.78 Å². The van der Waals surface area contributed by atoms with E-state index in [4.69, 9.17) is 9.47 Å². The zero-order chi connectivity index (χ0) is 24.4. The number of ketones is 1. The monoisotopic (exact) mass is 457 g/mol. The quantitative estimate of drug-likeness (QED) is 0.292. The van der Waals surface area contributed by atoms with E-state index in [-0.39, 0.29) is 22.5 Å². The van der Waals surface area contributed by atoms with Gasteiger partial charge in [-0.25, -0.2) is 9.69 Å². The van der Waals surface area contributed by atoms with Gasteiger partial charge < -0.3 is 9.47 Å². The van der Waals surface area contributed by atoms with Crippen LogP contribution in [0.1, 0.15) is 60.8 Å². The fourth-order valence-corrected chi connectivity index (χ4v) is 3.70. The number of rotatable bonds is 7. The molecule has 1 atom stereocenters. The van der Waals surface area contributed by atoms with Crippen molar-refractivity contribution in [2.24, 2.45) is 0 Å². The summed E-state index contributed by atoms with van der Waals surface area (Å²) >= 11 is 0. The maximum Gasteiger partial charge on any atom is 0.338 e. The molecule has 3 aromatic rings. The van der Waals surface area contributed by atoms with Crippen LogP contribution in [0.25, 0.3) is 0 Å². The smallest absolute Gasteiger partial charge is 0.338 e. The minimum Gasteiger partial charge on any atom is -0.494 e. The van der Waals surface area contributed by atoms with Crippen LogP contribution in [-0.4, -0.2) is 36.3 Å². The van der Waals surface area contributed by atoms with Crippen molar-refractivity contribution in [3.63, 3.8) is 0 Å². The van der Waals surface area contributed by atoms with E-state index >= 15 is 0 Å². The zero-order valence-corrected chi connectivity index (χ0v) is 19.0. The van der Waals surface area contributed by atoms with Crippen LogP contribution in [0.15, 0.2) is 66.7 Å². The van der Waals surface area contributed by atoms with E-state index in [1.54, 1.807) is 48.5 Å². The molecule has 1 aliphatic heterocycles. The van der Waals surface area contributed by atoms with E-state index in [9.17, 15) is 19.2 Å². The predicted molar refractivity (Wildman–Crippen MR) is 126 cm³/mol. The Morgan fingerprint density at radius 2 is 1.47 bits per heavy atom. The van der Waals surface area contributed by atoms with E-state index < -0.39 is 23.9 Å². The topological polar surface area (TPSA) is 90.0 Å². The van der Waals surface area contributed by atoms with Gasteiger partial charge in [-0.05, 0) is 63.2 Å². The number of imide groups is 1. The number of esters is 1. The van der Waals surface area contributed by atoms with Crippen LogP contribution in [0.3, 0.4) is 0 Å². The second kappa shape index (κ2) is 9.31. The number of carbonyl (C=O) groups is 4. The maximum atomic E-state index is 13.0. The molecule has 0 N–H and O–H groups in total. The van der Waals surface area contributed by atoms with Gasteiger partial charge in [0.05, 0.1) is 29.0 Å². The van der Waals surface area contributed by atoms with Gasteiger partial charge in [0, 0.05) is 5.56 Å². The SMILES string of the molecule is CCOc1ccc(N2C(=O)c3ccc(C(=O)O[C@H](C)C(=O)c4ccc(C)cc4)cc3C2=O)cc1. The summed E-state index contributed by atoms with van der Waals surface area (Å²) in [5.41, 5.74) is 2.22. The number of aryl methyl sites for hydroxylation is 1. The summed E-state index contributed by atoms with van der Waals surface area (Å²) in [6, 6.07) is 17.7. The van der Waals surface area contributed by atoms with Gasteiger partial charge in [-0.3, -0.25) is 14.4 Å². The fraction of sp³-hybridized carbons (Fsp3) is 0.185. The lowest BCUT2D eigenvalue weighted by molar-refractivity contribution is 0.0318. The minimum atomic E-state index is -1.01. The lowest BCUT2D eigenvalue weighted by atomic mass is 10.0. The van der Waals surface area contributed by atoms with E-state index in [0.717, 1.165) is 10.5 Å². The van der Waals surface area contributed by atoms with Gasteiger partial charge in [-0.2, -0.15) is 0 Å². The summed E-state index contributed by atoms with van der Waals surface area (Å²) in [6.45, 7) is 5.77. The largest absolute Gasteiger partial charge is 0.494 e.